The van der Waals surface area contributed by atoms with Crippen LogP contribution in [0.2, 0.25) is 0 Å². The molecule has 0 saturated carbocycles. The number of unbranched alkanes of at least 4 members (excludes halogenated alkanes) is 53. The van der Waals surface area contributed by atoms with Crippen LogP contribution in [0.25, 0.3) is 0 Å². The van der Waals surface area contributed by atoms with Gasteiger partial charge in [0.15, 0.2) is 6.10 Å². The van der Waals surface area contributed by atoms with Crippen LogP contribution in [-0.2, 0) is 19.1 Å². The van der Waals surface area contributed by atoms with E-state index in [0.29, 0.717) is 12.8 Å². The Morgan fingerprint density at radius 1 is 0.295 bits per heavy atom. The summed E-state index contributed by atoms with van der Waals surface area (Å²) in [7, 11) is 0. The maximum atomic E-state index is 12.3. The van der Waals surface area contributed by atoms with Crippen molar-refractivity contribution in [1.82, 2.24) is 0 Å². The molecule has 0 radical (unpaired) electrons. The van der Waals surface area contributed by atoms with Crippen molar-refractivity contribution in [2.75, 3.05) is 13.2 Å². The van der Waals surface area contributed by atoms with Crippen LogP contribution < -0.4 is 0 Å². The number of esters is 2. The van der Waals surface area contributed by atoms with E-state index in [-0.39, 0.29) is 25.2 Å². The fraction of sp³-hybridized carbons (Fsp3) is 0.890. The second-order valence-electron chi connectivity index (χ2n) is 24.3. The van der Waals surface area contributed by atoms with Crippen molar-refractivity contribution in [3.05, 3.63) is 36.5 Å². The molecule has 78 heavy (non-hydrogen) atoms. The average molecular weight is 1100 g/mol. The molecule has 0 aromatic rings. The Morgan fingerprint density at radius 3 is 0.769 bits per heavy atom. The number of allylic oxidation sites excluding steroid dienone is 6. The lowest BCUT2D eigenvalue weighted by molar-refractivity contribution is -0.161. The van der Waals surface area contributed by atoms with E-state index in [1.807, 2.05) is 0 Å². The van der Waals surface area contributed by atoms with E-state index in [0.717, 1.165) is 51.4 Å². The van der Waals surface area contributed by atoms with Crippen LogP contribution in [0.1, 0.15) is 399 Å². The summed E-state index contributed by atoms with van der Waals surface area (Å²) in [6.45, 7) is 4.18. The van der Waals surface area contributed by atoms with Crippen LogP contribution >= 0.6 is 0 Å². The molecule has 1 N–H and O–H groups in total. The molecule has 0 aromatic heterocycles. The predicted octanol–water partition coefficient (Wildman–Crippen LogP) is 24.5. The highest BCUT2D eigenvalue weighted by molar-refractivity contribution is 5.70. The number of hydrogen-bond acceptors (Lipinski definition) is 5. The van der Waals surface area contributed by atoms with Crippen molar-refractivity contribution in [3.8, 4) is 0 Å². The van der Waals surface area contributed by atoms with E-state index in [4.69, 9.17) is 9.47 Å². The minimum atomic E-state index is -0.776. The van der Waals surface area contributed by atoms with E-state index in [1.54, 1.807) is 0 Å². The summed E-state index contributed by atoms with van der Waals surface area (Å²) in [5.41, 5.74) is 0. The molecular formula is C73H138O5. The lowest BCUT2D eigenvalue weighted by Gasteiger charge is -2.15. The van der Waals surface area contributed by atoms with Crippen molar-refractivity contribution in [2.24, 2.45) is 0 Å². The molecule has 0 saturated heterocycles. The van der Waals surface area contributed by atoms with Crippen LogP contribution in [0.4, 0.5) is 0 Å². The fourth-order valence-electron chi connectivity index (χ4n) is 11.1. The normalized spacial score (nSPS) is 12.3. The van der Waals surface area contributed by atoms with Gasteiger partial charge in [-0.3, -0.25) is 9.59 Å². The standard InChI is InChI=1S/C73H138O5/c1-3-5-7-9-11-13-15-17-19-21-23-25-27-28-29-30-31-32-33-34-35-36-37-38-39-40-41-42-43-44-46-47-49-51-53-55-57-59-61-63-65-67-72(75)77-70-71(69-74)78-73(76)68-66-64-62-60-58-56-54-52-50-48-45-26-24-22-20-18-16-14-12-10-8-6-4-2/h16,18,22,24,45,48,71,74H,3-15,17,19-21,23,25-44,46-47,49-70H2,1-2H3/b18-16-,24-22-,48-45-. The Balaban J connectivity index is 3.36. The van der Waals surface area contributed by atoms with Crippen LogP contribution in [-0.4, -0.2) is 36.4 Å². The third kappa shape index (κ3) is 66.6. The molecular weight excluding hydrogens is 957 g/mol. The molecule has 1 atom stereocenters. The number of carbonyl (C=O) groups excluding carboxylic acids is 2. The monoisotopic (exact) mass is 1100 g/mol. The first-order chi connectivity index (χ1) is 38.6. The van der Waals surface area contributed by atoms with E-state index >= 15 is 0 Å². The summed E-state index contributed by atoms with van der Waals surface area (Å²) in [5, 5.41) is 9.69. The van der Waals surface area contributed by atoms with Crippen molar-refractivity contribution in [3.63, 3.8) is 0 Å². The van der Waals surface area contributed by atoms with E-state index in [2.05, 4.69) is 50.3 Å². The molecule has 0 rings (SSSR count). The first kappa shape index (κ1) is 76.1. The number of aliphatic hydroxyl groups excluding tert-OH is 1. The van der Waals surface area contributed by atoms with Gasteiger partial charge in [0.2, 0.25) is 0 Å². The summed E-state index contributed by atoms with van der Waals surface area (Å²) in [5.74, 6) is -0.579. The molecule has 0 aliphatic carbocycles. The van der Waals surface area contributed by atoms with Gasteiger partial charge in [-0.2, -0.15) is 0 Å². The lowest BCUT2D eigenvalue weighted by atomic mass is 10.0. The van der Waals surface area contributed by atoms with Gasteiger partial charge < -0.3 is 14.6 Å². The van der Waals surface area contributed by atoms with E-state index in [9.17, 15) is 14.7 Å². The largest absolute Gasteiger partial charge is 0.462 e. The molecule has 0 aliphatic rings. The number of hydrogen-bond donors (Lipinski definition) is 1. The smallest absolute Gasteiger partial charge is 0.306 e. The first-order valence-electron chi connectivity index (χ1n) is 35.5. The van der Waals surface area contributed by atoms with Crippen molar-refractivity contribution < 1.29 is 24.2 Å². The molecule has 5 nitrogen and oxygen atoms in total. The van der Waals surface area contributed by atoms with Crippen LogP contribution in [0, 0.1) is 0 Å². The summed E-state index contributed by atoms with van der Waals surface area (Å²) in [6.07, 6.45) is 92.0. The van der Waals surface area contributed by atoms with Gasteiger partial charge in [-0.15, -0.1) is 0 Å². The Morgan fingerprint density at radius 2 is 0.513 bits per heavy atom. The van der Waals surface area contributed by atoms with Crippen molar-refractivity contribution in [2.45, 2.75) is 405 Å². The fourth-order valence-corrected chi connectivity index (χ4v) is 11.1. The maximum absolute atomic E-state index is 12.3. The van der Waals surface area contributed by atoms with Gasteiger partial charge in [-0.1, -0.05) is 371 Å². The zero-order valence-corrected chi connectivity index (χ0v) is 53.0. The third-order valence-corrected chi connectivity index (χ3v) is 16.4. The first-order valence-corrected chi connectivity index (χ1v) is 35.5. The van der Waals surface area contributed by atoms with Gasteiger partial charge in [-0.05, 0) is 51.4 Å². The Hall–Kier alpha value is -1.88. The summed E-state index contributed by atoms with van der Waals surface area (Å²) >= 11 is 0. The molecule has 0 amide bonds. The quantitative estimate of drug-likeness (QED) is 0.0373. The topological polar surface area (TPSA) is 72.8 Å². The second-order valence-corrected chi connectivity index (χ2v) is 24.3. The minimum Gasteiger partial charge on any atom is -0.462 e. The molecule has 0 fully saturated rings. The second kappa shape index (κ2) is 69.4. The Bertz CT molecular complexity index is 1240. The summed E-state index contributed by atoms with van der Waals surface area (Å²) < 4.78 is 10.7. The lowest BCUT2D eigenvalue weighted by Crippen LogP contribution is -2.28. The van der Waals surface area contributed by atoms with Gasteiger partial charge in [0.25, 0.3) is 0 Å². The average Bonchev–Trinajstić information content (AvgIpc) is 3.44. The van der Waals surface area contributed by atoms with E-state index < -0.39 is 6.10 Å². The molecule has 5 heteroatoms. The zero-order valence-electron chi connectivity index (χ0n) is 53.0. The molecule has 0 heterocycles. The van der Waals surface area contributed by atoms with Gasteiger partial charge >= 0.3 is 11.9 Å². The zero-order chi connectivity index (χ0) is 56.2. The molecule has 460 valence electrons. The number of rotatable bonds is 67. The minimum absolute atomic E-state index is 0.0646. The van der Waals surface area contributed by atoms with Crippen LogP contribution in [0.5, 0.6) is 0 Å². The van der Waals surface area contributed by atoms with Gasteiger partial charge in [0, 0.05) is 12.8 Å². The van der Waals surface area contributed by atoms with Crippen LogP contribution in [0.15, 0.2) is 36.5 Å². The summed E-state index contributed by atoms with van der Waals surface area (Å²) in [4.78, 5) is 24.6. The highest BCUT2D eigenvalue weighted by Crippen LogP contribution is 2.19. The molecule has 0 spiro atoms. The van der Waals surface area contributed by atoms with E-state index in [1.165, 1.54) is 321 Å². The Kier molecular flexibility index (Phi) is 67.7. The Labute approximate surface area is 488 Å². The number of aliphatic hydroxyl groups is 1. The third-order valence-electron chi connectivity index (χ3n) is 16.4. The maximum Gasteiger partial charge on any atom is 0.306 e. The van der Waals surface area contributed by atoms with Crippen molar-refractivity contribution >= 4 is 11.9 Å². The van der Waals surface area contributed by atoms with Crippen LogP contribution in [0.3, 0.4) is 0 Å². The summed E-state index contributed by atoms with van der Waals surface area (Å²) in [6, 6.07) is 0. The van der Waals surface area contributed by atoms with Crippen molar-refractivity contribution in [1.29, 1.82) is 0 Å². The van der Waals surface area contributed by atoms with Gasteiger partial charge in [0.05, 0.1) is 6.61 Å². The highest BCUT2D eigenvalue weighted by atomic mass is 16.6. The molecule has 0 bridgehead atoms. The van der Waals surface area contributed by atoms with Gasteiger partial charge in [-0.25, -0.2) is 0 Å². The highest BCUT2D eigenvalue weighted by Gasteiger charge is 2.16. The molecule has 1 unspecified atom stereocenters. The molecule has 0 aromatic carbocycles. The SMILES string of the molecule is CCCCCCC/C=C\C/C=C\C/C=C\CCCCCCCCCCC(=O)OC(CO)COC(=O)CCCCCCCCCCCCCCCCCCCCCCCCCCCCCCCCCCCCCCCCCCC. The number of carbonyl (C=O) groups is 2. The van der Waals surface area contributed by atoms with Gasteiger partial charge in [0.1, 0.15) is 6.61 Å². The molecule has 0 aliphatic heterocycles. The predicted molar refractivity (Wildman–Crippen MR) is 344 cm³/mol. The number of ether oxygens (including phenoxy) is 2.